The number of amides is 1. The number of carbonyl (C=O) groups excluding carboxylic acids is 1. The summed E-state index contributed by atoms with van der Waals surface area (Å²) in [4.78, 5) is 12.3. The van der Waals surface area contributed by atoms with Crippen molar-refractivity contribution >= 4 is 5.91 Å². The molecule has 3 heteroatoms. The second-order valence-corrected chi connectivity index (χ2v) is 6.57. The van der Waals surface area contributed by atoms with Gasteiger partial charge in [0.25, 0.3) is 0 Å². The average Bonchev–Trinajstić information content (AvgIpc) is 2.42. The zero-order valence-electron chi connectivity index (χ0n) is 12.8. The molecule has 3 nitrogen and oxygen atoms in total. The Morgan fingerprint density at radius 1 is 1.35 bits per heavy atom. The van der Waals surface area contributed by atoms with Crippen LogP contribution in [0.3, 0.4) is 0 Å². The molecule has 20 heavy (non-hydrogen) atoms. The first-order chi connectivity index (χ1) is 9.49. The smallest absolute Gasteiger partial charge is 0.221 e. The van der Waals surface area contributed by atoms with E-state index < -0.39 is 0 Å². The number of hydrogen-bond acceptors (Lipinski definition) is 2. The molecule has 0 aliphatic carbocycles. The van der Waals surface area contributed by atoms with E-state index in [0.29, 0.717) is 18.4 Å². The highest BCUT2D eigenvalue weighted by atomic mass is 16.1. The highest BCUT2D eigenvalue weighted by Crippen LogP contribution is 2.26. The minimum absolute atomic E-state index is 0.124. The van der Waals surface area contributed by atoms with Gasteiger partial charge in [-0.05, 0) is 36.4 Å². The molecule has 1 aromatic carbocycles. The van der Waals surface area contributed by atoms with Crippen molar-refractivity contribution in [3.63, 3.8) is 0 Å². The van der Waals surface area contributed by atoms with Crippen LogP contribution in [0.5, 0.6) is 0 Å². The van der Waals surface area contributed by atoms with Gasteiger partial charge in [-0.3, -0.25) is 4.79 Å². The lowest BCUT2D eigenvalue weighted by atomic mass is 9.81. The summed E-state index contributed by atoms with van der Waals surface area (Å²) in [6, 6.07) is 10.6. The van der Waals surface area contributed by atoms with Crippen molar-refractivity contribution < 1.29 is 4.79 Å². The van der Waals surface area contributed by atoms with Crippen molar-refractivity contribution in [2.75, 3.05) is 13.1 Å². The average molecular weight is 274 g/mol. The molecule has 1 amide bonds. The Bertz CT molecular complexity index is 442. The van der Waals surface area contributed by atoms with Gasteiger partial charge in [-0.2, -0.15) is 0 Å². The maximum atomic E-state index is 12.3. The summed E-state index contributed by atoms with van der Waals surface area (Å²) in [5.41, 5.74) is 1.09. The molecule has 0 radical (unpaired) electrons. The first kappa shape index (κ1) is 15.0. The first-order valence-electron chi connectivity index (χ1n) is 7.54. The van der Waals surface area contributed by atoms with Crippen molar-refractivity contribution in [2.45, 2.75) is 45.1 Å². The van der Waals surface area contributed by atoms with Crippen LogP contribution in [0.25, 0.3) is 0 Å². The molecule has 1 aliphatic rings. The van der Waals surface area contributed by atoms with Gasteiger partial charge < -0.3 is 10.6 Å². The normalized spacial score (nSPS) is 23.4. The largest absolute Gasteiger partial charge is 0.353 e. The Morgan fingerprint density at radius 2 is 2.05 bits per heavy atom. The molecule has 2 unspecified atom stereocenters. The van der Waals surface area contributed by atoms with Gasteiger partial charge in [-0.15, -0.1) is 0 Å². The van der Waals surface area contributed by atoms with Crippen molar-refractivity contribution in [3.8, 4) is 0 Å². The van der Waals surface area contributed by atoms with Crippen LogP contribution < -0.4 is 10.6 Å². The van der Waals surface area contributed by atoms with Gasteiger partial charge in [0.05, 0.1) is 0 Å². The van der Waals surface area contributed by atoms with E-state index in [9.17, 15) is 4.79 Å². The molecule has 0 bridgehead atoms. The molecule has 2 N–H and O–H groups in total. The minimum atomic E-state index is -0.124. The summed E-state index contributed by atoms with van der Waals surface area (Å²) < 4.78 is 0. The fourth-order valence-corrected chi connectivity index (χ4v) is 2.88. The quantitative estimate of drug-likeness (QED) is 0.885. The second kappa shape index (κ2) is 6.40. The van der Waals surface area contributed by atoms with Crippen LogP contribution in [0.1, 0.15) is 39.2 Å². The predicted molar refractivity (Wildman–Crippen MR) is 82.7 cm³/mol. The predicted octanol–water partition coefficient (Wildman–Crippen LogP) is 2.47. The van der Waals surface area contributed by atoms with E-state index in [0.717, 1.165) is 19.5 Å². The lowest BCUT2D eigenvalue weighted by molar-refractivity contribution is -0.123. The Balaban J connectivity index is 1.93. The third kappa shape index (κ3) is 3.83. The van der Waals surface area contributed by atoms with E-state index in [1.807, 2.05) is 18.2 Å². The van der Waals surface area contributed by atoms with Crippen LogP contribution >= 0.6 is 0 Å². The van der Waals surface area contributed by atoms with Crippen molar-refractivity contribution in [3.05, 3.63) is 35.9 Å². The number of piperidine rings is 1. The number of carbonyl (C=O) groups is 1. The van der Waals surface area contributed by atoms with Gasteiger partial charge in [-0.1, -0.05) is 51.1 Å². The summed E-state index contributed by atoms with van der Waals surface area (Å²) >= 11 is 0. The number of rotatable bonds is 4. The monoisotopic (exact) mass is 274 g/mol. The third-order valence-electron chi connectivity index (χ3n) is 4.29. The van der Waals surface area contributed by atoms with E-state index in [4.69, 9.17) is 0 Å². The maximum absolute atomic E-state index is 12.3. The van der Waals surface area contributed by atoms with Crippen LogP contribution in [0.2, 0.25) is 0 Å². The van der Waals surface area contributed by atoms with E-state index in [2.05, 4.69) is 43.5 Å². The van der Waals surface area contributed by atoms with Crippen molar-refractivity contribution in [1.29, 1.82) is 0 Å². The van der Waals surface area contributed by atoms with E-state index >= 15 is 0 Å². The van der Waals surface area contributed by atoms with E-state index in [-0.39, 0.29) is 11.3 Å². The molecular formula is C17H26N2O. The van der Waals surface area contributed by atoms with Crippen LogP contribution in [-0.4, -0.2) is 25.0 Å². The van der Waals surface area contributed by atoms with Gasteiger partial charge in [0.2, 0.25) is 5.91 Å². The summed E-state index contributed by atoms with van der Waals surface area (Å²) in [6.45, 7) is 8.45. The molecular weight excluding hydrogens is 248 g/mol. The van der Waals surface area contributed by atoms with E-state index in [1.54, 1.807) is 0 Å². The molecule has 0 aromatic heterocycles. The lowest BCUT2D eigenvalue weighted by Crippen LogP contribution is -2.49. The van der Waals surface area contributed by atoms with Gasteiger partial charge in [0.1, 0.15) is 0 Å². The van der Waals surface area contributed by atoms with Crippen LogP contribution in [0, 0.1) is 5.92 Å². The fourth-order valence-electron chi connectivity index (χ4n) is 2.88. The summed E-state index contributed by atoms with van der Waals surface area (Å²) in [5, 5.41) is 6.58. The first-order valence-corrected chi connectivity index (χ1v) is 7.54. The molecule has 1 saturated heterocycles. The summed E-state index contributed by atoms with van der Waals surface area (Å²) in [7, 11) is 0. The van der Waals surface area contributed by atoms with Crippen LogP contribution in [0.15, 0.2) is 30.3 Å². The highest BCUT2D eigenvalue weighted by molar-refractivity contribution is 5.77. The standard InChI is InChI=1S/C17H26N2O/c1-13-12-18-10-9-15(13)19-16(20)11-17(2,3)14-7-5-4-6-8-14/h4-8,13,15,18H,9-12H2,1-3H3,(H,19,20). The third-order valence-corrected chi connectivity index (χ3v) is 4.29. The Kier molecular flexibility index (Phi) is 4.81. The molecule has 110 valence electrons. The maximum Gasteiger partial charge on any atom is 0.221 e. The molecule has 2 atom stereocenters. The molecule has 0 spiro atoms. The summed E-state index contributed by atoms with van der Waals surface area (Å²) in [5.74, 6) is 0.671. The Morgan fingerprint density at radius 3 is 2.70 bits per heavy atom. The van der Waals surface area contributed by atoms with Crippen LogP contribution in [-0.2, 0) is 10.2 Å². The molecule has 1 aromatic rings. The number of benzene rings is 1. The van der Waals surface area contributed by atoms with Gasteiger partial charge >= 0.3 is 0 Å². The molecule has 1 fully saturated rings. The molecule has 1 aliphatic heterocycles. The molecule has 0 saturated carbocycles. The van der Waals surface area contributed by atoms with Crippen molar-refractivity contribution in [2.24, 2.45) is 5.92 Å². The summed E-state index contributed by atoms with van der Waals surface area (Å²) in [6.07, 6.45) is 1.56. The van der Waals surface area contributed by atoms with Gasteiger partial charge in [-0.25, -0.2) is 0 Å². The van der Waals surface area contributed by atoms with E-state index in [1.165, 1.54) is 5.56 Å². The molecule has 2 rings (SSSR count). The number of nitrogens with one attached hydrogen (secondary N) is 2. The lowest BCUT2D eigenvalue weighted by Gasteiger charge is -2.32. The van der Waals surface area contributed by atoms with Crippen molar-refractivity contribution in [1.82, 2.24) is 10.6 Å². The van der Waals surface area contributed by atoms with Gasteiger partial charge in [0, 0.05) is 12.5 Å². The second-order valence-electron chi connectivity index (χ2n) is 6.57. The number of hydrogen-bond donors (Lipinski definition) is 2. The zero-order valence-corrected chi connectivity index (χ0v) is 12.8. The van der Waals surface area contributed by atoms with Crippen LogP contribution in [0.4, 0.5) is 0 Å². The Hall–Kier alpha value is -1.35. The topological polar surface area (TPSA) is 41.1 Å². The fraction of sp³-hybridized carbons (Fsp3) is 0.588. The Labute approximate surface area is 122 Å². The minimum Gasteiger partial charge on any atom is -0.353 e. The SMILES string of the molecule is CC1CNCCC1NC(=O)CC(C)(C)c1ccccc1. The zero-order chi connectivity index (χ0) is 14.6. The highest BCUT2D eigenvalue weighted by Gasteiger charge is 2.27. The van der Waals surface area contributed by atoms with Gasteiger partial charge in [0.15, 0.2) is 0 Å². The molecule has 1 heterocycles.